The molecule has 1 aromatic heterocycles. The number of hydrogen-bond acceptors (Lipinski definition) is 4. The molecule has 0 saturated heterocycles. The summed E-state index contributed by atoms with van der Waals surface area (Å²) in [7, 11) is 0. The van der Waals surface area contributed by atoms with Gasteiger partial charge in [-0.2, -0.15) is 0 Å². The van der Waals surface area contributed by atoms with Gasteiger partial charge in [0.05, 0.1) is 5.69 Å². The Bertz CT molecular complexity index is 507. The molecular weight excluding hydrogens is 282 g/mol. The predicted octanol–water partition coefficient (Wildman–Crippen LogP) is 3.29. The molecule has 1 aliphatic rings. The average Bonchev–Trinajstić information content (AvgIpc) is 2.72. The first-order valence-corrected chi connectivity index (χ1v) is 8.53. The summed E-state index contributed by atoms with van der Waals surface area (Å²) in [4.78, 5) is 17.8. The van der Waals surface area contributed by atoms with E-state index in [1.165, 1.54) is 11.3 Å². The van der Waals surface area contributed by atoms with E-state index in [0.29, 0.717) is 23.3 Å². The van der Waals surface area contributed by atoms with Crippen molar-refractivity contribution in [1.82, 2.24) is 10.3 Å². The molecule has 0 aromatic carbocycles. The van der Waals surface area contributed by atoms with Crippen LogP contribution in [0.4, 0.5) is 5.13 Å². The number of carbonyl (C=O) groups is 1. The van der Waals surface area contributed by atoms with E-state index < -0.39 is 0 Å². The summed E-state index contributed by atoms with van der Waals surface area (Å²) in [5, 5.41) is 6.35. The van der Waals surface area contributed by atoms with Crippen molar-refractivity contribution in [1.29, 1.82) is 0 Å². The average molecular weight is 309 g/mol. The fourth-order valence-corrected chi connectivity index (χ4v) is 4.11. The highest BCUT2D eigenvalue weighted by atomic mass is 32.1. The van der Waals surface area contributed by atoms with Crippen LogP contribution in [0.15, 0.2) is 5.38 Å². The monoisotopic (exact) mass is 309 g/mol. The Morgan fingerprint density at radius 2 is 2.00 bits per heavy atom. The van der Waals surface area contributed by atoms with Gasteiger partial charge in [0.25, 0.3) is 0 Å². The van der Waals surface area contributed by atoms with Crippen LogP contribution in [0.3, 0.4) is 0 Å². The van der Waals surface area contributed by atoms with Gasteiger partial charge in [0.2, 0.25) is 5.91 Å². The minimum absolute atomic E-state index is 0.0489. The van der Waals surface area contributed by atoms with E-state index in [0.717, 1.165) is 23.9 Å². The standard InChI is InChI=1S/C16H27N3OS/c1-7-19(11(2)20)14-18-12(10-21-14)8-17-9-13-15(3,4)16(13,5)6/h10,13,17H,7-9H2,1-6H3. The summed E-state index contributed by atoms with van der Waals surface area (Å²) in [5.74, 6) is 0.764. The number of thiazole rings is 1. The Kier molecular flexibility index (Phi) is 4.45. The normalized spacial score (nSPS) is 19.5. The maximum atomic E-state index is 11.5. The first kappa shape index (κ1) is 16.4. The van der Waals surface area contributed by atoms with Gasteiger partial charge in [-0.05, 0) is 30.2 Å². The second kappa shape index (κ2) is 5.69. The molecule has 1 fully saturated rings. The van der Waals surface area contributed by atoms with Crippen molar-refractivity contribution in [3.05, 3.63) is 11.1 Å². The third-order valence-electron chi connectivity index (χ3n) is 5.44. The van der Waals surface area contributed by atoms with Crippen molar-refractivity contribution in [3.8, 4) is 0 Å². The summed E-state index contributed by atoms with van der Waals surface area (Å²) < 4.78 is 0. The zero-order valence-corrected chi connectivity index (χ0v) is 14.8. The Labute approximate surface area is 132 Å². The van der Waals surface area contributed by atoms with Crippen LogP contribution in [0.25, 0.3) is 0 Å². The Balaban J connectivity index is 1.86. The second-order valence-corrected chi connectivity index (χ2v) is 7.85. The van der Waals surface area contributed by atoms with Crippen molar-refractivity contribution in [3.63, 3.8) is 0 Å². The molecule has 1 heterocycles. The van der Waals surface area contributed by atoms with Gasteiger partial charge in [-0.1, -0.05) is 27.7 Å². The molecule has 1 aromatic rings. The molecule has 2 rings (SSSR count). The highest BCUT2D eigenvalue weighted by molar-refractivity contribution is 7.14. The van der Waals surface area contributed by atoms with E-state index in [4.69, 9.17) is 0 Å². The second-order valence-electron chi connectivity index (χ2n) is 7.01. The van der Waals surface area contributed by atoms with Gasteiger partial charge in [0.15, 0.2) is 5.13 Å². The van der Waals surface area contributed by atoms with Crippen LogP contribution in [0.2, 0.25) is 0 Å². The van der Waals surface area contributed by atoms with Crippen molar-refractivity contribution < 1.29 is 4.79 Å². The van der Waals surface area contributed by atoms with E-state index in [-0.39, 0.29) is 5.91 Å². The molecule has 0 bridgehead atoms. The maximum Gasteiger partial charge on any atom is 0.225 e. The van der Waals surface area contributed by atoms with Crippen molar-refractivity contribution in [2.75, 3.05) is 18.0 Å². The molecule has 0 spiro atoms. The summed E-state index contributed by atoms with van der Waals surface area (Å²) in [5.41, 5.74) is 1.85. The topological polar surface area (TPSA) is 45.2 Å². The lowest BCUT2D eigenvalue weighted by Gasteiger charge is -2.14. The van der Waals surface area contributed by atoms with E-state index >= 15 is 0 Å². The lowest BCUT2D eigenvalue weighted by atomic mass is 10.0. The number of rotatable bonds is 6. The molecule has 0 unspecified atom stereocenters. The van der Waals surface area contributed by atoms with Crippen molar-refractivity contribution in [2.24, 2.45) is 16.7 Å². The fourth-order valence-electron chi connectivity index (χ4n) is 3.18. The molecule has 1 saturated carbocycles. The maximum absolute atomic E-state index is 11.5. The lowest BCUT2D eigenvalue weighted by Crippen LogP contribution is -2.27. The third kappa shape index (κ3) is 2.99. The van der Waals surface area contributed by atoms with Crippen LogP contribution in [-0.4, -0.2) is 24.0 Å². The van der Waals surface area contributed by atoms with E-state index in [2.05, 4.69) is 38.0 Å². The van der Waals surface area contributed by atoms with Crippen LogP contribution in [-0.2, 0) is 11.3 Å². The molecule has 21 heavy (non-hydrogen) atoms. The van der Waals surface area contributed by atoms with E-state index in [9.17, 15) is 4.79 Å². The summed E-state index contributed by atoms with van der Waals surface area (Å²) >= 11 is 1.54. The minimum atomic E-state index is 0.0489. The van der Waals surface area contributed by atoms with Gasteiger partial charge < -0.3 is 5.32 Å². The van der Waals surface area contributed by atoms with Gasteiger partial charge in [-0.3, -0.25) is 9.69 Å². The number of hydrogen-bond donors (Lipinski definition) is 1. The predicted molar refractivity (Wildman–Crippen MR) is 88.6 cm³/mol. The SMILES string of the molecule is CCN(C(C)=O)c1nc(CNCC2C(C)(C)C2(C)C)cs1. The Morgan fingerprint density at radius 1 is 1.38 bits per heavy atom. The molecule has 4 nitrogen and oxygen atoms in total. The van der Waals surface area contributed by atoms with Crippen LogP contribution in [0.1, 0.15) is 47.2 Å². The van der Waals surface area contributed by atoms with E-state index in [1.807, 2.05) is 12.3 Å². The molecule has 0 aliphatic heterocycles. The van der Waals surface area contributed by atoms with Crippen LogP contribution in [0.5, 0.6) is 0 Å². The number of aromatic nitrogens is 1. The first-order chi connectivity index (χ1) is 9.71. The molecule has 1 amide bonds. The fraction of sp³-hybridized carbons (Fsp3) is 0.750. The first-order valence-electron chi connectivity index (χ1n) is 7.65. The molecular formula is C16H27N3OS. The summed E-state index contributed by atoms with van der Waals surface area (Å²) in [6, 6.07) is 0. The quantitative estimate of drug-likeness (QED) is 0.877. The molecule has 5 heteroatoms. The molecule has 1 N–H and O–H groups in total. The highest BCUT2D eigenvalue weighted by Gasteiger charge is 2.63. The van der Waals surface area contributed by atoms with Gasteiger partial charge in [-0.25, -0.2) is 4.98 Å². The van der Waals surface area contributed by atoms with Gasteiger partial charge in [-0.15, -0.1) is 11.3 Å². The van der Waals surface area contributed by atoms with Crippen molar-refractivity contribution >= 4 is 22.4 Å². The number of carbonyl (C=O) groups excluding carboxylic acids is 1. The zero-order valence-electron chi connectivity index (χ0n) is 14.0. The molecule has 0 radical (unpaired) electrons. The van der Waals surface area contributed by atoms with Gasteiger partial charge >= 0.3 is 0 Å². The molecule has 1 aliphatic carbocycles. The highest BCUT2D eigenvalue weighted by Crippen LogP contribution is 2.67. The Hall–Kier alpha value is -0.940. The minimum Gasteiger partial charge on any atom is -0.311 e. The lowest BCUT2D eigenvalue weighted by molar-refractivity contribution is -0.116. The number of nitrogens with zero attached hydrogens (tertiary/aromatic N) is 2. The van der Waals surface area contributed by atoms with E-state index in [1.54, 1.807) is 11.8 Å². The zero-order chi connectivity index (χ0) is 15.8. The molecule has 0 atom stereocenters. The van der Waals surface area contributed by atoms with Crippen molar-refractivity contribution in [2.45, 2.75) is 48.1 Å². The third-order valence-corrected chi connectivity index (χ3v) is 6.35. The van der Waals surface area contributed by atoms with Gasteiger partial charge in [0, 0.05) is 25.4 Å². The van der Waals surface area contributed by atoms with Crippen LogP contribution >= 0.6 is 11.3 Å². The Morgan fingerprint density at radius 3 is 2.48 bits per heavy atom. The summed E-state index contributed by atoms with van der Waals surface area (Å²) in [6.45, 7) is 15.4. The largest absolute Gasteiger partial charge is 0.311 e. The van der Waals surface area contributed by atoms with Gasteiger partial charge in [0.1, 0.15) is 0 Å². The molecule has 118 valence electrons. The van der Waals surface area contributed by atoms with Crippen LogP contribution in [0, 0.1) is 16.7 Å². The van der Waals surface area contributed by atoms with Crippen LogP contribution < -0.4 is 10.2 Å². The smallest absolute Gasteiger partial charge is 0.225 e. The summed E-state index contributed by atoms with van der Waals surface area (Å²) in [6.07, 6.45) is 0. The number of nitrogens with one attached hydrogen (secondary N) is 1. The number of anilines is 1. The number of amides is 1.